The highest BCUT2D eigenvalue weighted by atomic mass is 32.2. The van der Waals surface area contributed by atoms with Crippen LogP contribution in [0.2, 0.25) is 0 Å². The Kier molecular flexibility index (Phi) is 3.26. The molecule has 92 valence electrons. The van der Waals surface area contributed by atoms with Gasteiger partial charge in [0.1, 0.15) is 16.5 Å². The van der Waals surface area contributed by atoms with E-state index in [2.05, 4.69) is 0 Å². The van der Waals surface area contributed by atoms with E-state index in [-0.39, 0.29) is 23.8 Å². The van der Waals surface area contributed by atoms with Gasteiger partial charge in [-0.3, -0.25) is 4.79 Å². The van der Waals surface area contributed by atoms with Gasteiger partial charge in [0.2, 0.25) is 10.0 Å². The topological polar surface area (TPSA) is 54.5 Å². The lowest BCUT2D eigenvalue weighted by atomic mass is 10.1. The first-order chi connectivity index (χ1) is 8.01. The van der Waals surface area contributed by atoms with Crippen molar-refractivity contribution in [2.45, 2.75) is 17.7 Å². The van der Waals surface area contributed by atoms with Crippen LogP contribution in [0.3, 0.4) is 0 Å². The van der Waals surface area contributed by atoms with E-state index in [1.165, 1.54) is 18.2 Å². The zero-order valence-electron chi connectivity index (χ0n) is 9.10. The second-order valence-corrected chi connectivity index (χ2v) is 5.82. The first kappa shape index (κ1) is 12.2. The number of ketones is 1. The first-order valence-electron chi connectivity index (χ1n) is 5.28. The molecule has 0 amide bonds. The number of Topliss-reactive ketones (excluding diaryl/α,β-unsaturated/α-hetero) is 1. The molecular formula is C11H12FNO3S. The van der Waals surface area contributed by atoms with E-state index in [0.29, 0.717) is 12.8 Å². The molecule has 0 aromatic heterocycles. The minimum absolute atomic E-state index is 0.129. The molecule has 2 rings (SSSR count). The summed E-state index contributed by atoms with van der Waals surface area (Å²) in [6.45, 7) is 0.110. The van der Waals surface area contributed by atoms with Crippen molar-refractivity contribution in [1.82, 2.24) is 4.31 Å². The molecule has 1 aromatic carbocycles. The van der Waals surface area contributed by atoms with E-state index in [0.717, 1.165) is 10.4 Å². The molecule has 0 unspecified atom stereocenters. The lowest BCUT2D eigenvalue weighted by Gasteiger charge is -2.25. The summed E-state index contributed by atoms with van der Waals surface area (Å²) in [6.07, 6.45) is 0.885. The number of hydrogen-bond donors (Lipinski definition) is 0. The molecule has 1 heterocycles. The lowest BCUT2D eigenvalue weighted by Crippen LogP contribution is -2.40. The van der Waals surface area contributed by atoms with Gasteiger partial charge in [-0.05, 0) is 18.6 Å². The second-order valence-electron chi connectivity index (χ2n) is 3.91. The molecule has 0 aliphatic carbocycles. The molecule has 1 saturated heterocycles. The summed E-state index contributed by atoms with van der Waals surface area (Å²) in [7, 11) is -3.89. The number of piperidine rings is 1. The Balaban J connectivity index is 2.36. The quantitative estimate of drug-likeness (QED) is 0.799. The molecule has 0 bridgehead atoms. The molecule has 17 heavy (non-hydrogen) atoms. The number of halogens is 1. The maximum atomic E-state index is 13.4. The van der Waals surface area contributed by atoms with Gasteiger partial charge in [0.05, 0.1) is 6.54 Å². The average molecular weight is 257 g/mol. The number of carbonyl (C=O) groups excluding carboxylic acids is 1. The Bertz CT molecular complexity index is 541. The fourth-order valence-corrected chi connectivity index (χ4v) is 3.33. The van der Waals surface area contributed by atoms with Crippen molar-refractivity contribution in [2.24, 2.45) is 0 Å². The Hall–Kier alpha value is -1.27. The van der Waals surface area contributed by atoms with Gasteiger partial charge < -0.3 is 0 Å². The Morgan fingerprint density at radius 2 is 1.94 bits per heavy atom. The number of rotatable bonds is 2. The predicted molar refractivity (Wildman–Crippen MR) is 59.4 cm³/mol. The van der Waals surface area contributed by atoms with Crippen LogP contribution in [0.4, 0.5) is 4.39 Å². The minimum Gasteiger partial charge on any atom is -0.298 e. The monoisotopic (exact) mass is 257 g/mol. The van der Waals surface area contributed by atoms with E-state index in [4.69, 9.17) is 0 Å². The largest absolute Gasteiger partial charge is 0.298 e. The standard InChI is InChI=1S/C11H12FNO3S/c12-10-5-1-2-6-11(10)17(15,16)13-7-3-4-9(14)8-13/h1-2,5-6H,3-4,7-8H2. The highest BCUT2D eigenvalue weighted by Gasteiger charge is 2.30. The molecular weight excluding hydrogens is 245 g/mol. The van der Waals surface area contributed by atoms with Crippen LogP contribution >= 0.6 is 0 Å². The van der Waals surface area contributed by atoms with Crippen LogP contribution in [0.25, 0.3) is 0 Å². The van der Waals surface area contributed by atoms with Crippen LogP contribution in [0.5, 0.6) is 0 Å². The van der Waals surface area contributed by atoms with Crippen LogP contribution in [-0.2, 0) is 14.8 Å². The minimum atomic E-state index is -3.89. The van der Waals surface area contributed by atoms with Gasteiger partial charge in [0, 0.05) is 13.0 Å². The summed E-state index contributed by atoms with van der Waals surface area (Å²) >= 11 is 0. The molecule has 0 atom stereocenters. The fraction of sp³-hybridized carbons (Fsp3) is 0.364. The Labute approximate surface area is 99.1 Å². The normalized spacial score (nSPS) is 18.3. The van der Waals surface area contributed by atoms with Crippen molar-refractivity contribution in [1.29, 1.82) is 0 Å². The zero-order chi connectivity index (χ0) is 12.5. The van der Waals surface area contributed by atoms with Crippen molar-refractivity contribution in [3.05, 3.63) is 30.1 Å². The third-order valence-corrected chi connectivity index (χ3v) is 4.55. The van der Waals surface area contributed by atoms with Gasteiger partial charge in [-0.2, -0.15) is 4.31 Å². The van der Waals surface area contributed by atoms with Crippen molar-refractivity contribution >= 4 is 15.8 Å². The average Bonchev–Trinajstić information content (AvgIpc) is 2.29. The molecule has 6 heteroatoms. The van der Waals surface area contributed by atoms with Crippen molar-refractivity contribution in [3.63, 3.8) is 0 Å². The molecule has 1 aliphatic heterocycles. The van der Waals surface area contributed by atoms with E-state index < -0.39 is 15.8 Å². The molecule has 1 fully saturated rings. The summed E-state index contributed by atoms with van der Waals surface area (Å²) in [6, 6.07) is 5.19. The van der Waals surface area contributed by atoms with E-state index in [1.807, 2.05) is 0 Å². The Morgan fingerprint density at radius 3 is 2.59 bits per heavy atom. The van der Waals surface area contributed by atoms with Crippen LogP contribution in [0, 0.1) is 5.82 Å². The molecule has 1 aliphatic rings. The van der Waals surface area contributed by atoms with Crippen molar-refractivity contribution in [3.8, 4) is 0 Å². The lowest BCUT2D eigenvalue weighted by molar-refractivity contribution is -0.120. The molecule has 0 N–H and O–H groups in total. The van der Waals surface area contributed by atoms with Crippen LogP contribution in [0.1, 0.15) is 12.8 Å². The molecule has 0 spiro atoms. The van der Waals surface area contributed by atoms with E-state index in [1.54, 1.807) is 0 Å². The van der Waals surface area contributed by atoms with Gasteiger partial charge in [0.25, 0.3) is 0 Å². The molecule has 4 nitrogen and oxygen atoms in total. The van der Waals surface area contributed by atoms with E-state index in [9.17, 15) is 17.6 Å². The summed E-state index contributed by atoms with van der Waals surface area (Å²) in [4.78, 5) is 10.9. The maximum Gasteiger partial charge on any atom is 0.246 e. The summed E-state index contributed by atoms with van der Waals surface area (Å²) in [5.74, 6) is -0.915. The smallest absolute Gasteiger partial charge is 0.246 e. The van der Waals surface area contributed by atoms with E-state index >= 15 is 0 Å². The first-order valence-corrected chi connectivity index (χ1v) is 6.72. The van der Waals surface area contributed by atoms with Gasteiger partial charge in [-0.15, -0.1) is 0 Å². The third-order valence-electron chi connectivity index (χ3n) is 2.67. The van der Waals surface area contributed by atoms with Crippen LogP contribution < -0.4 is 0 Å². The number of hydrogen-bond acceptors (Lipinski definition) is 3. The van der Waals surface area contributed by atoms with Gasteiger partial charge >= 0.3 is 0 Å². The summed E-state index contributed by atoms with van der Waals surface area (Å²) < 4.78 is 38.7. The fourth-order valence-electron chi connectivity index (χ4n) is 1.81. The highest BCUT2D eigenvalue weighted by molar-refractivity contribution is 7.89. The summed E-state index contributed by atoms with van der Waals surface area (Å²) in [5.41, 5.74) is 0. The van der Waals surface area contributed by atoms with Gasteiger partial charge in [-0.1, -0.05) is 12.1 Å². The predicted octanol–water partition coefficient (Wildman–Crippen LogP) is 1.18. The third kappa shape index (κ3) is 2.37. The van der Waals surface area contributed by atoms with Gasteiger partial charge in [0.15, 0.2) is 0 Å². The molecule has 0 radical (unpaired) electrons. The van der Waals surface area contributed by atoms with Crippen molar-refractivity contribution < 1.29 is 17.6 Å². The number of carbonyl (C=O) groups is 1. The SMILES string of the molecule is O=C1CCCN(S(=O)(=O)c2ccccc2F)C1. The molecule has 1 aromatic rings. The van der Waals surface area contributed by atoms with Gasteiger partial charge in [-0.25, -0.2) is 12.8 Å². The Morgan fingerprint density at radius 1 is 1.24 bits per heavy atom. The number of benzene rings is 1. The zero-order valence-corrected chi connectivity index (χ0v) is 9.91. The molecule has 0 saturated carbocycles. The van der Waals surface area contributed by atoms with Crippen LogP contribution in [0.15, 0.2) is 29.2 Å². The van der Waals surface area contributed by atoms with Crippen molar-refractivity contribution in [2.75, 3.05) is 13.1 Å². The highest BCUT2D eigenvalue weighted by Crippen LogP contribution is 2.21. The maximum absolute atomic E-state index is 13.4. The number of nitrogens with zero attached hydrogens (tertiary/aromatic N) is 1. The second kappa shape index (κ2) is 4.54. The van der Waals surface area contributed by atoms with Crippen LogP contribution in [-0.4, -0.2) is 31.6 Å². The number of sulfonamides is 1. The summed E-state index contributed by atoms with van der Waals surface area (Å²) in [5, 5.41) is 0.